The summed E-state index contributed by atoms with van der Waals surface area (Å²) < 4.78 is 1.75. The number of aliphatic imine (C=N–C) groups is 1. The highest BCUT2D eigenvalue weighted by Gasteiger charge is 2.13. The number of benzene rings is 1. The zero-order valence-electron chi connectivity index (χ0n) is 15.8. The van der Waals surface area contributed by atoms with Crippen LogP contribution < -0.4 is 10.6 Å². The summed E-state index contributed by atoms with van der Waals surface area (Å²) in [5.74, 6) is 1.65. The average Bonchev–Trinajstić information content (AvgIpc) is 3.04. The van der Waals surface area contributed by atoms with Crippen LogP contribution in [0.15, 0.2) is 29.5 Å². The second-order valence-electron chi connectivity index (χ2n) is 6.60. The van der Waals surface area contributed by atoms with Gasteiger partial charge in [0.25, 0.3) is 0 Å². The Balaban J connectivity index is 0.00000243. The van der Waals surface area contributed by atoms with E-state index in [1.54, 1.807) is 11.0 Å². The van der Waals surface area contributed by atoms with Gasteiger partial charge in [0, 0.05) is 13.6 Å². The predicted molar refractivity (Wildman–Crippen MR) is 116 cm³/mol. The van der Waals surface area contributed by atoms with Gasteiger partial charge in [-0.1, -0.05) is 18.2 Å². The summed E-state index contributed by atoms with van der Waals surface area (Å²) in [6, 6.07) is 7.10. The maximum absolute atomic E-state index is 4.64. The molecule has 26 heavy (non-hydrogen) atoms. The van der Waals surface area contributed by atoms with Crippen LogP contribution in [0.5, 0.6) is 0 Å². The summed E-state index contributed by atoms with van der Waals surface area (Å²) in [5, 5.41) is 10.9. The number of nitrogens with zero attached hydrogens (tertiary/aromatic N) is 4. The standard InChI is InChI=1S/C19H28N6.HI/c1-4-20-19(21-12-18-22-13-23-25(18)3)24-14(2)16-10-9-15-7-5-6-8-17(15)11-16;/h9-11,13-14H,4-8,12H2,1-3H3,(H2,20,21,24);1H. The van der Waals surface area contributed by atoms with Crippen LogP contribution in [-0.2, 0) is 26.4 Å². The van der Waals surface area contributed by atoms with E-state index in [1.165, 1.54) is 42.4 Å². The minimum atomic E-state index is 0. The van der Waals surface area contributed by atoms with Gasteiger partial charge in [-0.2, -0.15) is 5.10 Å². The first-order chi connectivity index (χ1) is 12.2. The van der Waals surface area contributed by atoms with Crippen molar-refractivity contribution in [3.8, 4) is 0 Å². The van der Waals surface area contributed by atoms with Crippen molar-refractivity contribution in [1.29, 1.82) is 0 Å². The molecule has 1 heterocycles. The van der Waals surface area contributed by atoms with Crippen LogP contribution in [0.4, 0.5) is 0 Å². The number of rotatable bonds is 5. The van der Waals surface area contributed by atoms with Crippen molar-refractivity contribution in [2.45, 2.75) is 52.1 Å². The Labute approximate surface area is 172 Å². The van der Waals surface area contributed by atoms with Crippen molar-refractivity contribution in [1.82, 2.24) is 25.4 Å². The van der Waals surface area contributed by atoms with E-state index in [0.717, 1.165) is 18.3 Å². The molecule has 0 amide bonds. The van der Waals surface area contributed by atoms with E-state index < -0.39 is 0 Å². The van der Waals surface area contributed by atoms with Crippen LogP contribution in [0.25, 0.3) is 0 Å². The van der Waals surface area contributed by atoms with Gasteiger partial charge in [-0.05, 0) is 56.2 Å². The number of hydrogen-bond acceptors (Lipinski definition) is 3. The van der Waals surface area contributed by atoms with Crippen molar-refractivity contribution < 1.29 is 0 Å². The summed E-state index contributed by atoms with van der Waals surface area (Å²) in [5.41, 5.74) is 4.34. The highest BCUT2D eigenvalue weighted by atomic mass is 127. The van der Waals surface area contributed by atoms with Gasteiger partial charge < -0.3 is 10.6 Å². The molecule has 1 aromatic carbocycles. The Kier molecular flexibility index (Phi) is 7.86. The van der Waals surface area contributed by atoms with Gasteiger partial charge in [0.05, 0.1) is 6.04 Å². The van der Waals surface area contributed by atoms with Gasteiger partial charge in [0.2, 0.25) is 0 Å². The van der Waals surface area contributed by atoms with Crippen molar-refractivity contribution in [3.05, 3.63) is 47.0 Å². The third-order valence-electron chi connectivity index (χ3n) is 4.75. The van der Waals surface area contributed by atoms with E-state index in [4.69, 9.17) is 0 Å². The van der Waals surface area contributed by atoms with Crippen LogP contribution in [0, 0.1) is 0 Å². The number of fused-ring (bicyclic) bond motifs is 1. The van der Waals surface area contributed by atoms with Crippen LogP contribution >= 0.6 is 24.0 Å². The molecule has 2 aromatic rings. The van der Waals surface area contributed by atoms with E-state index in [9.17, 15) is 0 Å². The van der Waals surface area contributed by atoms with Crippen molar-refractivity contribution in [2.75, 3.05) is 6.54 Å². The first-order valence-corrected chi connectivity index (χ1v) is 9.16. The fourth-order valence-corrected chi connectivity index (χ4v) is 3.24. The number of guanidine groups is 1. The molecule has 0 spiro atoms. The topological polar surface area (TPSA) is 67.1 Å². The second-order valence-corrected chi connectivity index (χ2v) is 6.60. The summed E-state index contributed by atoms with van der Waals surface area (Å²) in [6.45, 7) is 5.58. The number of halogens is 1. The highest BCUT2D eigenvalue weighted by molar-refractivity contribution is 14.0. The summed E-state index contributed by atoms with van der Waals surface area (Å²) in [6.07, 6.45) is 6.61. The monoisotopic (exact) mass is 468 g/mol. The quantitative estimate of drug-likeness (QED) is 0.402. The predicted octanol–water partition coefficient (Wildman–Crippen LogP) is 3.13. The van der Waals surface area contributed by atoms with Crippen molar-refractivity contribution in [2.24, 2.45) is 12.0 Å². The van der Waals surface area contributed by atoms with Crippen LogP contribution in [0.1, 0.15) is 55.2 Å². The molecule has 0 saturated carbocycles. The first-order valence-electron chi connectivity index (χ1n) is 9.16. The van der Waals surface area contributed by atoms with Gasteiger partial charge in [0.1, 0.15) is 18.7 Å². The highest BCUT2D eigenvalue weighted by Crippen LogP contribution is 2.24. The van der Waals surface area contributed by atoms with Crippen molar-refractivity contribution in [3.63, 3.8) is 0 Å². The maximum Gasteiger partial charge on any atom is 0.192 e. The fourth-order valence-electron chi connectivity index (χ4n) is 3.24. The summed E-state index contributed by atoms with van der Waals surface area (Å²) in [4.78, 5) is 8.86. The molecule has 3 rings (SSSR count). The molecular formula is C19H29IN6. The largest absolute Gasteiger partial charge is 0.357 e. The Morgan fingerprint density at radius 3 is 2.73 bits per heavy atom. The zero-order chi connectivity index (χ0) is 17.6. The van der Waals surface area contributed by atoms with Crippen molar-refractivity contribution >= 4 is 29.9 Å². The van der Waals surface area contributed by atoms with Gasteiger partial charge in [-0.15, -0.1) is 24.0 Å². The van der Waals surface area contributed by atoms with Crippen LogP contribution in [0.3, 0.4) is 0 Å². The molecule has 6 nitrogen and oxygen atoms in total. The van der Waals surface area contributed by atoms with Crippen LogP contribution in [0.2, 0.25) is 0 Å². The summed E-state index contributed by atoms with van der Waals surface area (Å²) >= 11 is 0. The molecule has 2 N–H and O–H groups in total. The maximum atomic E-state index is 4.64. The van der Waals surface area contributed by atoms with E-state index in [2.05, 4.69) is 57.8 Å². The molecular weight excluding hydrogens is 439 g/mol. The van der Waals surface area contributed by atoms with Gasteiger partial charge in [-0.3, -0.25) is 4.68 Å². The van der Waals surface area contributed by atoms with Gasteiger partial charge in [-0.25, -0.2) is 9.98 Å². The SMILES string of the molecule is CCNC(=NCc1ncnn1C)NC(C)c1ccc2c(c1)CCCC2.I. The minimum Gasteiger partial charge on any atom is -0.357 e. The number of hydrogen-bond donors (Lipinski definition) is 2. The molecule has 1 unspecified atom stereocenters. The molecule has 0 saturated heterocycles. The lowest BCUT2D eigenvalue weighted by Gasteiger charge is -2.21. The molecule has 0 aliphatic heterocycles. The molecule has 142 valence electrons. The Morgan fingerprint density at radius 2 is 2.04 bits per heavy atom. The lowest BCUT2D eigenvalue weighted by molar-refractivity contribution is 0.661. The molecule has 1 atom stereocenters. The zero-order valence-corrected chi connectivity index (χ0v) is 18.2. The second kappa shape index (κ2) is 9.89. The molecule has 1 aliphatic carbocycles. The smallest absolute Gasteiger partial charge is 0.192 e. The third kappa shape index (κ3) is 5.18. The molecule has 0 fully saturated rings. The van der Waals surface area contributed by atoms with Gasteiger partial charge in [0.15, 0.2) is 5.96 Å². The Hall–Kier alpha value is -1.64. The van der Waals surface area contributed by atoms with E-state index in [1.807, 2.05) is 7.05 Å². The molecule has 1 aromatic heterocycles. The number of nitrogens with one attached hydrogen (secondary N) is 2. The fraction of sp³-hybridized carbons (Fsp3) is 0.526. The Bertz CT molecular complexity index is 739. The van der Waals surface area contributed by atoms with E-state index in [-0.39, 0.29) is 30.0 Å². The van der Waals surface area contributed by atoms with Gasteiger partial charge >= 0.3 is 0 Å². The minimum absolute atomic E-state index is 0. The van der Waals surface area contributed by atoms with Crippen LogP contribution in [-0.4, -0.2) is 27.3 Å². The molecule has 0 radical (unpaired) electrons. The number of aryl methyl sites for hydroxylation is 3. The average molecular weight is 468 g/mol. The van der Waals surface area contributed by atoms with E-state index in [0.29, 0.717) is 6.54 Å². The number of aromatic nitrogens is 3. The summed E-state index contributed by atoms with van der Waals surface area (Å²) in [7, 11) is 1.88. The first kappa shape index (κ1) is 20.7. The lowest BCUT2D eigenvalue weighted by Crippen LogP contribution is -2.38. The third-order valence-corrected chi connectivity index (χ3v) is 4.75. The van der Waals surface area contributed by atoms with E-state index >= 15 is 0 Å². The lowest BCUT2D eigenvalue weighted by atomic mass is 9.89. The Morgan fingerprint density at radius 1 is 1.27 bits per heavy atom. The normalized spacial score (nSPS) is 15.0. The molecule has 7 heteroatoms. The molecule has 0 bridgehead atoms. The molecule has 1 aliphatic rings.